The Hall–Kier alpha value is -1.96. The maximum Gasteiger partial charge on any atom is 0.249 e. The molecule has 0 bridgehead atoms. The standard InChI is InChI=1S/C20H21ClN2O3S2/c1-4-23-18-13(2)5-6-14(3)19(18)27-20(23)22-17(24)11-12-28(25,26)16-9-7-15(21)8-10-16/h5-10H,4,11-12H2,1-3H3. The van der Waals surface area contributed by atoms with Crippen LogP contribution in [0.5, 0.6) is 0 Å². The normalized spacial score (nSPS) is 12.6. The molecule has 0 saturated carbocycles. The summed E-state index contributed by atoms with van der Waals surface area (Å²) in [5, 5.41) is 0.462. The van der Waals surface area contributed by atoms with E-state index < -0.39 is 15.7 Å². The van der Waals surface area contributed by atoms with Gasteiger partial charge in [-0.2, -0.15) is 4.99 Å². The number of amides is 1. The molecule has 0 unspecified atom stereocenters. The third kappa shape index (κ3) is 4.21. The quantitative estimate of drug-likeness (QED) is 0.599. The molecule has 0 spiro atoms. The summed E-state index contributed by atoms with van der Waals surface area (Å²) in [5.74, 6) is -0.729. The van der Waals surface area contributed by atoms with Crippen molar-refractivity contribution >= 4 is 48.9 Å². The van der Waals surface area contributed by atoms with Gasteiger partial charge >= 0.3 is 0 Å². The van der Waals surface area contributed by atoms with Crippen molar-refractivity contribution in [3.63, 3.8) is 0 Å². The van der Waals surface area contributed by atoms with Crippen LogP contribution in [0.2, 0.25) is 5.02 Å². The molecular weight excluding hydrogens is 416 g/mol. The third-order valence-electron chi connectivity index (χ3n) is 4.52. The van der Waals surface area contributed by atoms with Gasteiger partial charge in [-0.25, -0.2) is 8.42 Å². The van der Waals surface area contributed by atoms with Gasteiger partial charge in [-0.1, -0.05) is 35.1 Å². The van der Waals surface area contributed by atoms with Crippen LogP contribution in [0.25, 0.3) is 10.2 Å². The number of carbonyl (C=O) groups is 1. The smallest absolute Gasteiger partial charge is 0.249 e. The molecule has 8 heteroatoms. The van der Waals surface area contributed by atoms with Gasteiger partial charge in [0.2, 0.25) is 5.91 Å². The van der Waals surface area contributed by atoms with Crippen LogP contribution in [0.1, 0.15) is 24.5 Å². The van der Waals surface area contributed by atoms with Gasteiger partial charge in [0.25, 0.3) is 0 Å². The van der Waals surface area contributed by atoms with E-state index in [-0.39, 0.29) is 17.1 Å². The van der Waals surface area contributed by atoms with E-state index in [0.717, 1.165) is 21.3 Å². The first-order valence-electron chi connectivity index (χ1n) is 8.88. The number of hydrogen-bond acceptors (Lipinski definition) is 4. The highest BCUT2D eigenvalue weighted by molar-refractivity contribution is 7.91. The molecular formula is C20H21ClN2O3S2. The Bertz CT molecular complexity index is 1210. The van der Waals surface area contributed by atoms with E-state index in [1.54, 1.807) is 0 Å². The highest BCUT2D eigenvalue weighted by atomic mass is 35.5. The minimum atomic E-state index is -3.56. The van der Waals surface area contributed by atoms with Crippen LogP contribution >= 0.6 is 22.9 Å². The number of sulfone groups is 1. The van der Waals surface area contributed by atoms with Crippen LogP contribution in [-0.2, 0) is 21.2 Å². The number of aromatic nitrogens is 1. The Kier molecular flexibility index (Phi) is 6.07. The fraction of sp³-hybridized carbons (Fsp3) is 0.300. The molecule has 0 N–H and O–H groups in total. The Morgan fingerprint density at radius 2 is 1.75 bits per heavy atom. The summed E-state index contributed by atoms with van der Waals surface area (Å²) >= 11 is 7.26. The molecule has 5 nitrogen and oxygen atoms in total. The average molecular weight is 437 g/mol. The van der Waals surface area contributed by atoms with Crippen molar-refractivity contribution in [3.8, 4) is 0 Å². The van der Waals surface area contributed by atoms with Gasteiger partial charge in [0.05, 0.1) is 20.9 Å². The number of rotatable bonds is 5. The summed E-state index contributed by atoms with van der Waals surface area (Å²) < 4.78 is 27.9. The van der Waals surface area contributed by atoms with E-state index >= 15 is 0 Å². The molecule has 0 aliphatic carbocycles. The lowest BCUT2D eigenvalue weighted by Gasteiger charge is -2.05. The first-order valence-corrected chi connectivity index (χ1v) is 11.7. The summed E-state index contributed by atoms with van der Waals surface area (Å²) in [4.78, 5) is 17.4. The number of nitrogens with zero attached hydrogens (tertiary/aromatic N) is 2. The Labute approximate surface area is 173 Å². The molecule has 1 amide bonds. The number of hydrogen-bond donors (Lipinski definition) is 0. The molecule has 28 heavy (non-hydrogen) atoms. The molecule has 2 aromatic carbocycles. The lowest BCUT2D eigenvalue weighted by atomic mass is 10.1. The minimum absolute atomic E-state index is 0.154. The van der Waals surface area contributed by atoms with Crippen molar-refractivity contribution in [1.82, 2.24) is 4.57 Å². The number of thiazole rings is 1. The van der Waals surface area contributed by atoms with Crippen molar-refractivity contribution in [2.45, 2.75) is 38.6 Å². The van der Waals surface area contributed by atoms with Gasteiger partial charge in [0, 0.05) is 18.0 Å². The second-order valence-corrected chi connectivity index (χ2v) is 10.1. The monoisotopic (exact) mass is 436 g/mol. The predicted octanol–water partition coefficient (Wildman–Crippen LogP) is 4.28. The van der Waals surface area contributed by atoms with Gasteiger partial charge < -0.3 is 4.57 Å². The first-order chi connectivity index (χ1) is 13.2. The zero-order chi connectivity index (χ0) is 20.5. The highest BCUT2D eigenvalue weighted by Crippen LogP contribution is 2.25. The van der Waals surface area contributed by atoms with Gasteiger partial charge in [0.15, 0.2) is 14.6 Å². The summed E-state index contributed by atoms with van der Waals surface area (Å²) in [7, 11) is -3.56. The molecule has 1 heterocycles. The van der Waals surface area contributed by atoms with E-state index in [2.05, 4.69) is 17.1 Å². The van der Waals surface area contributed by atoms with E-state index in [4.69, 9.17) is 11.6 Å². The summed E-state index contributed by atoms with van der Waals surface area (Å²) in [6, 6.07) is 10.0. The molecule has 0 radical (unpaired) electrons. The third-order valence-corrected chi connectivity index (χ3v) is 7.72. The largest absolute Gasteiger partial charge is 0.316 e. The fourth-order valence-corrected chi connectivity index (χ4v) is 5.61. The Balaban J connectivity index is 1.88. The van der Waals surface area contributed by atoms with Gasteiger partial charge in [-0.3, -0.25) is 4.79 Å². The second kappa shape index (κ2) is 8.19. The molecule has 0 aliphatic rings. The van der Waals surface area contributed by atoms with Gasteiger partial charge in [-0.15, -0.1) is 0 Å². The number of aryl methyl sites for hydroxylation is 3. The fourth-order valence-electron chi connectivity index (χ4n) is 3.00. The van der Waals surface area contributed by atoms with Crippen LogP contribution < -0.4 is 4.80 Å². The number of benzene rings is 2. The van der Waals surface area contributed by atoms with E-state index in [9.17, 15) is 13.2 Å². The molecule has 148 valence electrons. The molecule has 0 atom stereocenters. The Morgan fingerprint density at radius 3 is 2.39 bits per heavy atom. The summed E-state index contributed by atoms with van der Waals surface area (Å²) in [6.45, 7) is 6.75. The molecule has 3 aromatic rings. The van der Waals surface area contributed by atoms with Crippen LogP contribution in [0, 0.1) is 13.8 Å². The summed E-state index contributed by atoms with van der Waals surface area (Å²) in [6.07, 6.45) is -0.166. The molecule has 0 saturated heterocycles. The SMILES string of the molecule is CCn1c(=NC(=O)CCS(=O)(=O)c2ccc(Cl)cc2)sc2c(C)ccc(C)c21. The molecule has 1 aromatic heterocycles. The zero-order valence-electron chi connectivity index (χ0n) is 15.9. The van der Waals surface area contributed by atoms with Gasteiger partial charge in [-0.05, 0) is 56.2 Å². The average Bonchev–Trinajstić information content (AvgIpc) is 3.03. The number of fused-ring (bicyclic) bond motifs is 1. The summed E-state index contributed by atoms with van der Waals surface area (Å²) in [5.41, 5.74) is 3.33. The predicted molar refractivity (Wildman–Crippen MR) is 114 cm³/mol. The van der Waals surface area contributed by atoms with Crippen molar-refractivity contribution in [2.75, 3.05) is 5.75 Å². The highest BCUT2D eigenvalue weighted by Gasteiger charge is 2.17. The topological polar surface area (TPSA) is 68.5 Å². The zero-order valence-corrected chi connectivity index (χ0v) is 18.3. The second-order valence-electron chi connectivity index (χ2n) is 6.53. The van der Waals surface area contributed by atoms with E-state index in [0.29, 0.717) is 16.4 Å². The number of halogens is 1. The van der Waals surface area contributed by atoms with Crippen molar-refractivity contribution < 1.29 is 13.2 Å². The van der Waals surface area contributed by atoms with Crippen LogP contribution in [0.3, 0.4) is 0 Å². The number of carbonyl (C=O) groups excluding carboxylic acids is 1. The van der Waals surface area contributed by atoms with Gasteiger partial charge in [0.1, 0.15) is 0 Å². The van der Waals surface area contributed by atoms with E-state index in [1.165, 1.54) is 35.6 Å². The molecule has 0 aliphatic heterocycles. The maximum absolute atomic E-state index is 12.4. The van der Waals surface area contributed by atoms with E-state index in [1.807, 2.05) is 25.3 Å². The minimum Gasteiger partial charge on any atom is -0.316 e. The molecule has 3 rings (SSSR count). The van der Waals surface area contributed by atoms with Crippen molar-refractivity contribution in [3.05, 3.63) is 57.3 Å². The van der Waals surface area contributed by atoms with Crippen LogP contribution in [0.4, 0.5) is 0 Å². The maximum atomic E-state index is 12.4. The molecule has 0 fully saturated rings. The van der Waals surface area contributed by atoms with Crippen LogP contribution in [-0.4, -0.2) is 24.6 Å². The van der Waals surface area contributed by atoms with Crippen LogP contribution in [0.15, 0.2) is 46.3 Å². The van der Waals surface area contributed by atoms with Crippen molar-refractivity contribution in [1.29, 1.82) is 0 Å². The first kappa shape index (κ1) is 20.8. The lowest BCUT2D eigenvalue weighted by Crippen LogP contribution is -2.17. The Morgan fingerprint density at radius 1 is 1.11 bits per heavy atom. The lowest BCUT2D eigenvalue weighted by molar-refractivity contribution is -0.117. The van der Waals surface area contributed by atoms with Crippen molar-refractivity contribution in [2.24, 2.45) is 4.99 Å².